The molecular formula is C22H20N2O4S. The molecule has 2 heterocycles. The van der Waals surface area contributed by atoms with Gasteiger partial charge in [0, 0.05) is 17.5 Å². The fourth-order valence-electron chi connectivity index (χ4n) is 3.07. The molecule has 0 saturated carbocycles. The van der Waals surface area contributed by atoms with E-state index in [0.717, 1.165) is 16.7 Å². The van der Waals surface area contributed by atoms with Crippen LogP contribution in [0.15, 0.2) is 53.6 Å². The quantitative estimate of drug-likeness (QED) is 0.264. The van der Waals surface area contributed by atoms with Crippen LogP contribution in [-0.2, 0) is 16.0 Å². The van der Waals surface area contributed by atoms with Crippen molar-refractivity contribution in [3.63, 3.8) is 0 Å². The Morgan fingerprint density at radius 2 is 1.97 bits per heavy atom. The van der Waals surface area contributed by atoms with E-state index in [4.69, 9.17) is 19.2 Å². The van der Waals surface area contributed by atoms with Gasteiger partial charge in [0.25, 0.3) is 0 Å². The van der Waals surface area contributed by atoms with Crippen molar-refractivity contribution in [2.45, 2.75) is 18.4 Å². The van der Waals surface area contributed by atoms with Crippen LogP contribution in [0.3, 0.4) is 0 Å². The third kappa shape index (κ3) is 4.05. The summed E-state index contributed by atoms with van der Waals surface area (Å²) >= 11 is 1.33. The van der Waals surface area contributed by atoms with Crippen molar-refractivity contribution in [2.75, 3.05) is 19.5 Å². The van der Waals surface area contributed by atoms with Gasteiger partial charge in [0.15, 0.2) is 17.3 Å². The molecule has 1 aliphatic heterocycles. The number of esters is 1. The Kier molecular flexibility index (Phi) is 5.67. The molecule has 0 unspecified atom stereocenters. The maximum atomic E-state index is 11.7. The minimum absolute atomic E-state index is 0.167. The topological polar surface area (TPSA) is 70.5 Å². The Balaban J connectivity index is 1.78. The lowest BCUT2D eigenvalue weighted by atomic mass is 10.0. The van der Waals surface area contributed by atoms with Gasteiger partial charge in [-0.15, -0.1) is 0 Å². The predicted molar refractivity (Wildman–Crippen MR) is 111 cm³/mol. The average molecular weight is 408 g/mol. The summed E-state index contributed by atoms with van der Waals surface area (Å²) < 4.78 is 16.7. The lowest BCUT2D eigenvalue weighted by Crippen LogP contribution is -2.11. The monoisotopic (exact) mass is 408 g/mol. The van der Waals surface area contributed by atoms with Gasteiger partial charge < -0.3 is 14.2 Å². The first-order valence-electron chi connectivity index (χ1n) is 9.28. The van der Waals surface area contributed by atoms with E-state index < -0.39 is 0 Å². The SMILES string of the molecule is CCOc1cccc2c1Oc1nc(-c3ccccc3)nc(SCC(=O)OC)c1C2. The van der Waals surface area contributed by atoms with Crippen LogP contribution in [0, 0.1) is 0 Å². The van der Waals surface area contributed by atoms with Crippen molar-refractivity contribution >= 4 is 17.7 Å². The van der Waals surface area contributed by atoms with E-state index in [0.29, 0.717) is 41.3 Å². The van der Waals surface area contributed by atoms with Gasteiger partial charge in [0.1, 0.15) is 5.03 Å². The van der Waals surface area contributed by atoms with E-state index in [-0.39, 0.29) is 11.7 Å². The molecule has 6 nitrogen and oxygen atoms in total. The molecule has 29 heavy (non-hydrogen) atoms. The van der Waals surface area contributed by atoms with Crippen molar-refractivity contribution in [3.05, 3.63) is 59.7 Å². The molecule has 0 atom stereocenters. The molecule has 0 amide bonds. The predicted octanol–water partition coefficient (Wildman–Crippen LogP) is 4.50. The zero-order valence-electron chi connectivity index (χ0n) is 16.2. The van der Waals surface area contributed by atoms with Crippen LogP contribution < -0.4 is 9.47 Å². The second-order valence-electron chi connectivity index (χ2n) is 6.32. The van der Waals surface area contributed by atoms with Crippen LogP contribution in [0.2, 0.25) is 0 Å². The van der Waals surface area contributed by atoms with Gasteiger partial charge in [-0.1, -0.05) is 54.2 Å². The van der Waals surface area contributed by atoms with Crippen molar-refractivity contribution in [1.29, 1.82) is 0 Å². The van der Waals surface area contributed by atoms with E-state index in [1.54, 1.807) is 0 Å². The van der Waals surface area contributed by atoms with Crippen LogP contribution in [-0.4, -0.2) is 35.4 Å². The average Bonchev–Trinajstić information content (AvgIpc) is 2.77. The van der Waals surface area contributed by atoms with E-state index in [1.165, 1.54) is 18.9 Å². The molecule has 4 rings (SSSR count). The Hall–Kier alpha value is -3.06. The van der Waals surface area contributed by atoms with Gasteiger partial charge in [-0.2, -0.15) is 4.98 Å². The molecule has 0 bridgehead atoms. The minimum atomic E-state index is -0.306. The maximum Gasteiger partial charge on any atom is 0.316 e. The van der Waals surface area contributed by atoms with E-state index in [2.05, 4.69) is 4.98 Å². The molecule has 0 saturated heterocycles. The second kappa shape index (κ2) is 8.53. The fraction of sp³-hybridized carbons (Fsp3) is 0.227. The maximum absolute atomic E-state index is 11.7. The zero-order chi connectivity index (χ0) is 20.2. The van der Waals surface area contributed by atoms with Crippen molar-refractivity contribution in [3.8, 4) is 28.8 Å². The molecule has 1 aliphatic rings. The van der Waals surface area contributed by atoms with Gasteiger partial charge in [-0.25, -0.2) is 4.98 Å². The first kappa shape index (κ1) is 19.3. The number of fused-ring (bicyclic) bond motifs is 2. The standard InChI is InChI=1S/C22H20N2O4S/c1-3-27-17-11-7-10-15-12-16-21(28-19(15)17)23-20(14-8-5-4-6-9-14)24-22(16)29-13-18(25)26-2/h4-11H,3,12-13H2,1-2H3. The van der Waals surface area contributed by atoms with E-state index in [9.17, 15) is 4.79 Å². The minimum Gasteiger partial charge on any atom is -0.490 e. The summed E-state index contributed by atoms with van der Waals surface area (Å²) in [6.07, 6.45) is 0.601. The Bertz CT molecular complexity index is 1040. The Morgan fingerprint density at radius 1 is 1.14 bits per heavy atom. The van der Waals surface area contributed by atoms with Crippen molar-refractivity contribution in [1.82, 2.24) is 9.97 Å². The largest absolute Gasteiger partial charge is 0.490 e. The van der Waals surface area contributed by atoms with E-state index in [1.807, 2.05) is 55.5 Å². The number of nitrogens with zero attached hydrogens (tertiary/aromatic N) is 2. The van der Waals surface area contributed by atoms with Crippen LogP contribution in [0.5, 0.6) is 17.4 Å². The third-order valence-corrected chi connectivity index (χ3v) is 5.44. The first-order chi connectivity index (χ1) is 14.2. The molecule has 148 valence electrons. The number of rotatable bonds is 6. The lowest BCUT2D eigenvalue weighted by Gasteiger charge is -2.23. The van der Waals surface area contributed by atoms with Gasteiger partial charge in [-0.3, -0.25) is 4.79 Å². The number of carbonyl (C=O) groups is 1. The zero-order valence-corrected chi connectivity index (χ0v) is 17.0. The molecule has 2 aromatic carbocycles. The van der Waals surface area contributed by atoms with Gasteiger partial charge in [0.05, 0.1) is 25.0 Å². The fourth-order valence-corrected chi connectivity index (χ4v) is 3.93. The first-order valence-corrected chi connectivity index (χ1v) is 10.3. The van der Waals surface area contributed by atoms with Crippen LogP contribution in [0.4, 0.5) is 0 Å². The second-order valence-corrected chi connectivity index (χ2v) is 7.29. The van der Waals surface area contributed by atoms with Gasteiger partial charge in [0.2, 0.25) is 5.88 Å². The normalized spacial score (nSPS) is 11.8. The summed E-state index contributed by atoms with van der Waals surface area (Å²) in [6, 6.07) is 15.5. The highest BCUT2D eigenvalue weighted by atomic mass is 32.2. The Morgan fingerprint density at radius 3 is 2.72 bits per heavy atom. The molecule has 7 heteroatoms. The van der Waals surface area contributed by atoms with Crippen molar-refractivity contribution < 1.29 is 19.0 Å². The number of aromatic nitrogens is 2. The number of hydrogen-bond donors (Lipinski definition) is 0. The molecule has 1 aromatic heterocycles. The highest BCUT2D eigenvalue weighted by molar-refractivity contribution is 7.99. The Labute approximate surface area is 173 Å². The number of carbonyl (C=O) groups excluding carboxylic acids is 1. The molecule has 0 spiro atoms. The molecule has 0 radical (unpaired) electrons. The number of ether oxygens (including phenoxy) is 3. The lowest BCUT2D eigenvalue weighted by molar-refractivity contribution is -0.137. The summed E-state index contributed by atoms with van der Waals surface area (Å²) in [5.74, 6) is 2.28. The summed E-state index contributed by atoms with van der Waals surface area (Å²) in [4.78, 5) is 21.1. The molecule has 0 aliphatic carbocycles. The molecule has 3 aromatic rings. The summed E-state index contributed by atoms with van der Waals surface area (Å²) in [7, 11) is 1.38. The molecule has 0 N–H and O–H groups in total. The van der Waals surface area contributed by atoms with Crippen LogP contribution in [0.1, 0.15) is 18.1 Å². The molecule has 0 fully saturated rings. The number of thioether (sulfide) groups is 1. The highest BCUT2D eigenvalue weighted by Gasteiger charge is 2.26. The molecular weight excluding hydrogens is 388 g/mol. The smallest absolute Gasteiger partial charge is 0.316 e. The number of para-hydroxylation sites is 1. The summed E-state index contributed by atoms with van der Waals surface area (Å²) in [5.41, 5.74) is 2.74. The van der Waals surface area contributed by atoms with Gasteiger partial charge in [-0.05, 0) is 13.0 Å². The number of methoxy groups -OCH3 is 1. The summed E-state index contributed by atoms with van der Waals surface area (Å²) in [5, 5.41) is 0.715. The van der Waals surface area contributed by atoms with E-state index >= 15 is 0 Å². The van der Waals surface area contributed by atoms with Crippen LogP contribution >= 0.6 is 11.8 Å². The number of hydrogen-bond acceptors (Lipinski definition) is 7. The van der Waals surface area contributed by atoms with Crippen LogP contribution in [0.25, 0.3) is 11.4 Å². The third-order valence-electron chi connectivity index (χ3n) is 4.44. The van der Waals surface area contributed by atoms with Crippen molar-refractivity contribution in [2.24, 2.45) is 0 Å². The summed E-state index contributed by atoms with van der Waals surface area (Å²) in [6.45, 7) is 2.49. The highest BCUT2D eigenvalue weighted by Crippen LogP contribution is 2.44. The van der Waals surface area contributed by atoms with Gasteiger partial charge >= 0.3 is 5.97 Å². The number of benzene rings is 2.